The third-order valence-electron chi connectivity index (χ3n) is 4.99. The van der Waals surface area contributed by atoms with E-state index in [1.54, 1.807) is 42.5 Å². The second-order valence-corrected chi connectivity index (χ2v) is 8.06. The molecule has 0 spiro atoms. The minimum absolute atomic E-state index is 0.0570. The van der Waals surface area contributed by atoms with Crippen molar-refractivity contribution in [1.29, 1.82) is 5.26 Å². The molecule has 0 fully saturated rings. The Hall–Kier alpha value is -4.28. The van der Waals surface area contributed by atoms with Crippen LogP contribution in [0, 0.1) is 11.3 Å². The average molecular weight is 505 g/mol. The summed E-state index contributed by atoms with van der Waals surface area (Å²) in [6.07, 6.45) is 2.06. The van der Waals surface area contributed by atoms with Crippen LogP contribution in [-0.2, 0) is 16.1 Å². The summed E-state index contributed by atoms with van der Waals surface area (Å²) in [5.74, 6) is 0.288. The number of carbonyl (C=O) groups is 2. The van der Waals surface area contributed by atoms with Crippen LogP contribution >= 0.6 is 11.6 Å². The molecule has 0 heterocycles. The molecule has 0 atom stereocenters. The highest BCUT2D eigenvalue weighted by Crippen LogP contribution is 2.29. The van der Waals surface area contributed by atoms with Crippen molar-refractivity contribution in [2.24, 2.45) is 0 Å². The average Bonchev–Trinajstić information content (AvgIpc) is 2.90. The quantitative estimate of drug-likeness (QED) is 0.124. The molecule has 1 amide bonds. The third kappa shape index (κ3) is 8.19. The second kappa shape index (κ2) is 13.6. The summed E-state index contributed by atoms with van der Waals surface area (Å²) in [5.41, 5.74) is 1.42. The zero-order chi connectivity index (χ0) is 25.8. The normalized spacial score (nSPS) is 10.8. The number of ether oxygens (including phenoxy) is 3. The lowest BCUT2D eigenvalue weighted by Gasteiger charge is -2.11. The van der Waals surface area contributed by atoms with Crippen molar-refractivity contribution in [3.63, 3.8) is 0 Å². The van der Waals surface area contributed by atoms with Gasteiger partial charge in [-0.25, -0.2) is 0 Å². The summed E-state index contributed by atoms with van der Waals surface area (Å²) in [6, 6.07) is 23.1. The molecule has 3 aromatic rings. The number of halogens is 1. The topological polar surface area (TPSA) is 97.6 Å². The van der Waals surface area contributed by atoms with Gasteiger partial charge in [0, 0.05) is 18.0 Å². The van der Waals surface area contributed by atoms with E-state index in [1.807, 2.05) is 36.4 Å². The first-order valence-corrected chi connectivity index (χ1v) is 11.6. The highest BCUT2D eigenvalue weighted by atomic mass is 35.5. The largest absolute Gasteiger partial charge is 0.494 e. The predicted molar refractivity (Wildman–Crippen MR) is 137 cm³/mol. The summed E-state index contributed by atoms with van der Waals surface area (Å²) in [4.78, 5) is 24.7. The molecule has 184 valence electrons. The molecule has 0 saturated carbocycles. The lowest BCUT2D eigenvalue weighted by molar-refractivity contribution is -0.134. The first-order chi connectivity index (χ1) is 17.5. The van der Waals surface area contributed by atoms with Gasteiger partial charge in [0.05, 0.1) is 13.7 Å². The monoisotopic (exact) mass is 504 g/mol. The van der Waals surface area contributed by atoms with Crippen molar-refractivity contribution in [3.05, 3.63) is 94.5 Å². The molecule has 3 aromatic carbocycles. The van der Waals surface area contributed by atoms with Crippen LogP contribution in [0.3, 0.4) is 0 Å². The van der Waals surface area contributed by atoms with E-state index in [2.05, 4.69) is 5.32 Å². The van der Waals surface area contributed by atoms with Crippen molar-refractivity contribution in [1.82, 2.24) is 5.32 Å². The fourth-order valence-electron chi connectivity index (χ4n) is 3.16. The van der Waals surface area contributed by atoms with Gasteiger partial charge < -0.3 is 19.5 Å². The maximum atomic E-state index is 12.4. The van der Waals surface area contributed by atoms with Gasteiger partial charge >= 0.3 is 5.97 Å². The van der Waals surface area contributed by atoms with Gasteiger partial charge in [-0.05, 0) is 60.0 Å². The predicted octanol–water partition coefficient (Wildman–Crippen LogP) is 5.34. The lowest BCUT2D eigenvalue weighted by Crippen LogP contribution is -2.23. The van der Waals surface area contributed by atoms with Crippen LogP contribution in [0.5, 0.6) is 17.2 Å². The van der Waals surface area contributed by atoms with Crippen molar-refractivity contribution in [2.75, 3.05) is 13.7 Å². The Labute approximate surface area is 214 Å². The number of rotatable bonds is 11. The van der Waals surface area contributed by atoms with Crippen molar-refractivity contribution in [3.8, 4) is 23.3 Å². The number of nitriles is 1. The number of amides is 1. The first kappa shape index (κ1) is 26.3. The molecular formula is C28H25ClN2O5. The SMILES string of the molecule is COc1cc(/C=C(\C#N)C(=O)NCc2ccccc2)ccc1OC(=O)CCCOc1ccc(Cl)cc1. The molecule has 0 aliphatic carbocycles. The molecule has 0 aliphatic rings. The number of hydrogen-bond acceptors (Lipinski definition) is 6. The Morgan fingerprint density at radius 3 is 2.47 bits per heavy atom. The minimum atomic E-state index is -0.489. The molecule has 0 unspecified atom stereocenters. The van der Waals surface area contributed by atoms with Crippen LogP contribution < -0.4 is 19.5 Å². The Bertz CT molecular complexity index is 1250. The standard InChI is InChI=1S/C28H25ClN2O5/c1-34-26-17-21(16-22(18-30)28(33)31-19-20-6-3-2-4-7-20)9-14-25(26)36-27(32)8-5-15-35-24-12-10-23(29)11-13-24/h2-4,6-7,9-14,16-17H,5,8,15,19H2,1H3,(H,31,33)/b22-16+. The maximum absolute atomic E-state index is 12.4. The highest BCUT2D eigenvalue weighted by Gasteiger charge is 2.13. The minimum Gasteiger partial charge on any atom is -0.494 e. The number of benzene rings is 3. The smallest absolute Gasteiger partial charge is 0.311 e. The number of carbonyl (C=O) groups excluding carboxylic acids is 2. The summed E-state index contributed by atoms with van der Waals surface area (Å²) in [6.45, 7) is 0.655. The molecular weight excluding hydrogens is 480 g/mol. The fraction of sp³-hybridized carbons (Fsp3) is 0.179. The van der Waals surface area contributed by atoms with Crippen molar-refractivity contribution < 1.29 is 23.8 Å². The summed E-state index contributed by atoms with van der Waals surface area (Å²) in [7, 11) is 1.44. The van der Waals surface area contributed by atoms with E-state index in [9.17, 15) is 14.9 Å². The van der Waals surface area contributed by atoms with E-state index >= 15 is 0 Å². The van der Waals surface area contributed by atoms with Crippen molar-refractivity contribution in [2.45, 2.75) is 19.4 Å². The molecule has 0 bridgehead atoms. The van der Waals surface area contributed by atoms with E-state index in [0.717, 1.165) is 5.56 Å². The van der Waals surface area contributed by atoms with Crippen LogP contribution in [0.25, 0.3) is 6.08 Å². The van der Waals surface area contributed by atoms with Crippen LogP contribution in [0.2, 0.25) is 5.02 Å². The first-order valence-electron chi connectivity index (χ1n) is 11.2. The zero-order valence-corrected chi connectivity index (χ0v) is 20.5. The van der Waals surface area contributed by atoms with Gasteiger partial charge in [-0.1, -0.05) is 48.0 Å². The van der Waals surface area contributed by atoms with Crippen LogP contribution in [0.1, 0.15) is 24.0 Å². The molecule has 3 rings (SSSR count). The fourth-order valence-corrected chi connectivity index (χ4v) is 3.28. The van der Waals surface area contributed by atoms with Crippen LogP contribution in [0.15, 0.2) is 78.4 Å². The molecule has 0 radical (unpaired) electrons. The van der Waals surface area contributed by atoms with Crippen LogP contribution in [-0.4, -0.2) is 25.6 Å². The second-order valence-electron chi connectivity index (χ2n) is 7.63. The highest BCUT2D eigenvalue weighted by molar-refractivity contribution is 6.30. The van der Waals surface area contributed by atoms with E-state index in [1.165, 1.54) is 13.2 Å². The Kier molecular flexibility index (Phi) is 9.92. The molecule has 36 heavy (non-hydrogen) atoms. The van der Waals surface area contributed by atoms with Crippen LogP contribution in [0.4, 0.5) is 0 Å². The van der Waals surface area contributed by atoms with Gasteiger partial charge in [-0.2, -0.15) is 5.26 Å². The van der Waals surface area contributed by atoms with Crippen molar-refractivity contribution >= 4 is 29.6 Å². The number of esters is 1. The Balaban J connectivity index is 1.54. The molecule has 8 heteroatoms. The Morgan fingerprint density at radius 2 is 1.78 bits per heavy atom. The number of nitrogens with zero attached hydrogens (tertiary/aromatic N) is 1. The maximum Gasteiger partial charge on any atom is 0.311 e. The molecule has 0 aliphatic heterocycles. The number of hydrogen-bond donors (Lipinski definition) is 1. The van der Waals surface area contributed by atoms with E-state index < -0.39 is 11.9 Å². The van der Waals surface area contributed by atoms with Gasteiger partial charge in [0.2, 0.25) is 0 Å². The summed E-state index contributed by atoms with van der Waals surface area (Å²) in [5, 5.41) is 12.8. The van der Waals surface area contributed by atoms with Gasteiger partial charge in [-0.15, -0.1) is 0 Å². The molecule has 0 saturated heterocycles. The Morgan fingerprint density at radius 1 is 1.03 bits per heavy atom. The van der Waals surface area contributed by atoms with Gasteiger partial charge in [0.1, 0.15) is 17.4 Å². The summed E-state index contributed by atoms with van der Waals surface area (Å²) >= 11 is 5.84. The molecule has 0 aromatic heterocycles. The third-order valence-corrected chi connectivity index (χ3v) is 5.24. The lowest BCUT2D eigenvalue weighted by atomic mass is 10.1. The number of nitrogens with one attached hydrogen (secondary N) is 1. The van der Waals surface area contributed by atoms with E-state index in [-0.39, 0.29) is 17.7 Å². The van der Waals surface area contributed by atoms with Gasteiger partial charge in [-0.3, -0.25) is 9.59 Å². The van der Waals surface area contributed by atoms with Gasteiger partial charge in [0.25, 0.3) is 5.91 Å². The summed E-state index contributed by atoms with van der Waals surface area (Å²) < 4.78 is 16.3. The zero-order valence-electron chi connectivity index (χ0n) is 19.7. The van der Waals surface area contributed by atoms with E-state index in [4.69, 9.17) is 25.8 Å². The molecule has 7 nitrogen and oxygen atoms in total. The molecule has 1 N–H and O–H groups in total. The van der Waals surface area contributed by atoms with Gasteiger partial charge in [0.15, 0.2) is 11.5 Å². The number of methoxy groups -OCH3 is 1. The van der Waals surface area contributed by atoms with E-state index in [0.29, 0.717) is 41.7 Å².